The molecule has 0 spiro atoms. The number of halogens is 2. The predicted molar refractivity (Wildman–Crippen MR) is 64.3 cm³/mol. The number of amides is 1. The van der Waals surface area contributed by atoms with E-state index < -0.39 is 0 Å². The van der Waals surface area contributed by atoms with Crippen molar-refractivity contribution in [3.05, 3.63) is 26.6 Å². The number of nitrogen functional groups attached to an aromatic ring is 1. The molecule has 1 aromatic rings. The number of carbonyl (C=O) groups excluding carboxylic acids is 1. The Kier molecular flexibility index (Phi) is 3.55. The molecule has 0 aliphatic heterocycles. The number of anilines is 1. The largest absolute Gasteiger partial charge is 0.397 e. The number of hydrogen-bond acceptors (Lipinski definition) is 2. The van der Waals surface area contributed by atoms with Gasteiger partial charge in [0.2, 0.25) is 0 Å². The monoisotopic (exact) mass is 320 g/mol. The van der Waals surface area contributed by atoms with Crippen LogP contribution in [0.5, 0.6) is 0 Å². The van der Waals surface area contributed by atoms with Gasteiger partial charge in [0.15, 0.2) is 0 Å². The molecule has 0 fully saturated rings. The number of nitrogens with zero attached hydrogens (tertiary/aromatic N) is 1. The molecule has 0 heterocycles. The normalized spacial score (nSPS) is 10.0. The lowest BCUT2D eigenvalue weighted by molar-refractivity contribution is 0.0827. The fourth-order valence-electron chi connectivity index (χ4n) is 0.966. The molecule has 0 atom stereocenters. The average Bonchev–Trinajstić information content (AvgIpc) is 2.12. The van der Waals surface area contributed by atoms with Crippen molar-refractivity contribution in [2.75, 3.05) is 19.8 Å². The second-order valence-corrected chi connectivity index (χ2v) is 4.76. The zero-order valence-electron chi connectivity index (χ0n) is 7.84. The highest BCUT2D eigenvalue weighted by molar-refractivity contribution is 9.11. The van der Waals surface area contributed by atoms with Gasteiger partial charge in [-0.3, -0.25) is 4.79 Å². The number of hydrogen-bond donors (Lipinski definition) is 1. The van der Waals surface area contributed by atoms with Crippen LogP contribution in [0.25, 0.3) is 0 Å². The first-order valence-corrected chi connectivity index (χ1v) is 5.48. The van der Waals surface area contributed by atoms with Gasteiger partial charge in [-0.05, 0) is 44.0 Å². The number of carbonyl (C=O) groups is 1. The Morgan fingerprint density at radius 2 is 1.71 bits per heavy atom. The van der Waals surface area contributed by atoms with E-state index in [-0.39, 0.29) is 5.91 Å². The first-order chi connectivity index (χ1) is 6.43. The van der Waals surface area contributed by atoms with Crippen LogP contribution in [0.15, 0.2) is 21.1 Å². The molecule has 1 amide bonds. The molecule has 14 heavy (non-hydrogen) atoms. The minimum Gasteiger partial charge on any atom is -0.397 e. The zero-order chi connectivity index (χ0) is 10.9. The number of nitrogens with two attached hydrogens (primary N) is 1. The van der Waals surface area contributed by atoms with Crippen molar-refractivity contribution in [1.82, 2.24) is 4.90 Å². The van der Waals surface area contributed by atoms with Crippen molar-refractivity contribution in [3.63, 3.8) is 0 Å². The van der Waals surface area contributed by atoms with Crippen molar-refractivity contribution >= 4 is 43.5 Å². The van der Waals surface area contributed by atoms with Gasteiger partial charge in [0.25, 0.3) is 5.91 Å². The van der Waals surface area contributed by atoms with Gasteiger partial charge in [0, 0.05) is 28.6 Å². The summed E-state index contributed by atoms with van der Waals surface area (Å²) >= 11 is 6.58. The summed E-state index contributed by atoms with van der Waals surface area (Å²) in [4.78, 5) is 13.1. The molecule has 0 bridgehead atoms. The predicted octanol–water partition coefficient (Wildman–Crippen LogP) is 2.50. The van der Waals surface area contributed by atoms with E-state index in [1.54, 1.807) is 26.2 Å². The van der Waals surface area contributed by atoms with Crippen LogP contribution in [0.4, 0.5) is 5.69 Å². The van der Waals surface area contributed by atoms with E-state index in [2.05, 4.69) is 31.9 Å². The fraction of sp³-hybridized carbons (Fsp3) is 0.222. The Bertz CT molecular complexity index is 354. The van der Waals surface area contributed by atoms with Crippen LogP contribution in [-0.4, -0.2) is 24.9 Å². The molecule has 1 aromatic carbocycles. The molecule has 3 nitrogen and oxygen atoms in total. The lowest BCUT2D eigenvalue weighted by Crippen LogP contribution is -2.21. The van der Waals surface area contributed by atoms with Crippen LogP contribution in [0.1, 0.15) is 10.4 Å². The van der Waals surface area contributed by atoms with Crippen molar-refractivity contribution in [2.24, 2.45) is 0 Å². The van der Waals surface area contributed by atoms with Gasteiger partial charge in [0.1, 0.15) is 0 Å². The third-order valence-electron chi connectivity index (χ3n) is 1.73. The Labute approximate surface area is 99.5 Å². The van der Waals surface area contributed by atoms with E-state index in [1.807, 2.05) is 0 Å². The van der Waals surface area contributed by atoms with Crippen molar-refractivity contribution in [1.29, 1.82) is 0 Å². The molecule has 0 saturated carbocycles. The molecule has 1 rings (SSSR count). The molecule has 0 saturated heterocycles. The molecule has 0 aliphatic carbocycles. The van der Waals surface area contributed by atoms with Crippen LogP contribution in [0.3, 0.4) is 0 Å². The van der Waals surface area contributed by atoms with Crippen LogP contribution in [0.2, 0.25) is 0 Å². The Hall–Kier alpha value is -0.550. The Morgan fingerprint density at radius 1 is 1.29 bits per heavy atom. The summed E-state index contributed by atoms with van der Waals surface area (Å²) < 4.78 is 1.44. The van der Waals surface area contributed by atoms with E-state index >= 15 is 0 Å². The maximum absolute atomic E-state index is 11.6. The topological polar surface area (TPSA) is 46.3 Å². The standard InChI is InChI=1S/C9H10Br2N2O/c1-13(2)9(14)5-3-6(10)8(12)7(11)4-5/h3-4H,12H2,1-2H3. The highest BCUT2D eigenvalue weighted by Gasteiger charge is 2.11. The van der Waals surface area contributed by atoms with Gasteiger partial charge in [-0.2, -0.15) is 0 Å². The van der Waals surface area contributed by atoms with Gasteiger partial charge in [-0.15, -0.1) is 0 Å². The smallest absolute Gasteiger partial charge is 0.253 e. The number of benzene rings is 1. The maximum Gasteiger partial charge on any atom is 0.253 e. The summed E-state index contributed by atoms with van der Waals surface area (Å²) in [6, 6.07) is 3.42. The quantitative estimate of drug-likeness (QED) is 0.808. The Balaban J connectivity index is 3.19. The van der Waals surface area contributed by atoms with Gasteiger partial charge >= 0.3 is 0 Å². The molecule has 2 N–H and O–H groups in total. The van der Waals surface area contributed by atoms with E-state index in [1.165, 1.54) is 4.90 Å². The van der Waals surface area contributed by atoms with Crippen molar-refractivity contribution in [3.8, 4) is 0 Å². The van der Waals surface area contributed by atoms with Gasteiger partial charge in [0.05, 0.1) is 5.69 Å². The second kappa shape index (κ2) is 4.31. The van der Waals surface area contributed by atoms with E-state index in [9.17, 15) is 4.79 Å². The summed E-state index contributed by atoms with van der Waals surface area (Å²) in [6.07, 6.45) is 0. The summed E-state index contributed by atoms with van der Waals surface area (Å²) in [7, 11) is 3.42. The first kappa shape index (κ1) is 11.5. The SMILES string of the molecule is CN(C)C(=O)c1cc(Br)c(N)c(Br)c1. The van der Waals surface area contributed by atoms with Crippen LogP contribution >= 0.6 is 31.9 Å². The van der Waals surface area contributed by atoms with E-state index in [0.717, 1.165) is 8.95 Å². The highest BCUT2D eigenvalue weighted by atomic mass is 79.9. The molecular formula is C9H10Br2N2O. The lowest BCUT2D eigenvalue weighted by Gasteiger charge is -2.11. The molecule has 0 aromatic heterocycles. The minimum absolute atomic E-state index is 0.0496. The highest BCUT2D eigenvalue weighted by Crippen LogP contribution is 2.29. The Morgan fingerprint density at radius 3 is 2.07 bits per heavy atom. The molecule has 76 valence electrons. The van der Waals surface area contributed by atoms with Gasteiger partial charge < -0.3 is 10.6 Å². The second-order valence-electron chi connectivity index (χ2n) is 3.05. The molecule has 5 heteroatoms. The summed E-state index contributed by atoms with van der Waals surface area (Å²) in [6.45, 7) is 0. The van der Waals surface area contributed by atoms with Crippen LogP contribution < -0.4 is 5.73 Å². The molecule has 0 unspecified atom stereocenters. The zero-order valence-corrected chi connectivity index (χ0v) is 11.0. The summed E-state index contributed by atoms with van der Waals surface area (Å²) in [5, 5.41) is 0. The van der Waals surface area contributed by atoms with Crippen LogP contribution in [-0.2, 0) is 0 Å². The summed E-state index contributed by atoms with van der Waals surface area (Å²) in [5.41, 5.74) is 6.91. The fourth-order valence-corrected chi connectivity index (χ4v) is 2.15. The van der Waals surface area contributed by atoms with Crippen molar-refractivity contribution < 1.29 is 4.79 Å². The van der Waals surface area contributed by atoms with E-state index in [0.29, 0.717) is 11.3 Å². The minimum atomic E-state index is -0.0496. The van der Waals surface area contributed by atoms with Crippen LogP contribution in [0, 0.1) is 0 Å². The van der Waals surface area contributed by atoms with Gasteiger partial charge in [-0.1, -0.05) is 0 Å². The first-order valence-electron chi connectivity index (χ1n) is 3.89. The molecule has 0 aliphatic rings. The molecule has 0 radical (unpaired) electrons. The third kappa shape index (κ3) is 2.27. The maximum atomic E-state index is 11.6. The average molecular weight is 322 g/mol. The van der Waals surface area contributed by atoms with Gasteiger partial charge in [-0.25, -0.2) is 0 Å². The molecular weight excluding hydrogens is 312 g/mol. The summed E-state index contributed by atoms with van der Waals surface area (Å²) in [5.74, 6) is -0.0496. The van der Waals surface area contributed by atoms with Crippen molar-refractivity contribution in [2.45, 2.75) is 0 Å². The van der Waals surface area contributed by atoms with E-state index in [4.69, 9.17) is 5.73 Å². The number of rotatable bonds is 1. The third-order valence-corrected chi connectivity index (χ3v) is 3.04. The lowest BCUT2D eigenvalue weighted by atomic mass is 10.2.